The van der Waals surface area contributed by atoms with Crippen LogP contribution in [-0.4, -0.2) is 37.7 Å². The molecule has 7 nitrogen and oxygen atoms in total. The molecule has 0 aliphatic heterocycles. The summed E-state index contributed by atoms with van der Waals surface area (Å²) in [5.74, 6) is -0.385. The van der Waals surface area contributed by atoms with Crippen molar-refractivity contribution in [3.05, 3.63) is 118 Å². The minimum Gasteiger partial charge on any atom is -0.478 e. The smallest absolute Gasteiger partial charge is 0.336 e. The summed E-state index contributed by atoms with van der Waals surface area (Å²) in [6, 6.07) is 24.7. The first-order valence-corrected chi connectivity index (χ1v) is 14.7. The van der Waals surface area contributed by atoms with Crippen molar-refractivity contribution in [2.45, 2.75) is 35.7 Å². The Morgan fingerprint density at radius 2 is 1.68 bits per heavy atom. The van der Waals surface area contributed by atoms with Crippen LogP contribution in [0.5, 0.6) is 11.5 Å². The lowest BCUT2D eigenvalue weighted by Crippen LogP contribution is -2.23. The highest BCUT2D eigenvalue weighted by atomic mass is 35.5. The number of carbonyl (C=O) groups is 1. The van der Waals surface area contributed by atoms with Crippen LogP contribution in [0, 0.1) is 0 Å². The highest BCUT2D eigenvalue weighted by molar-refractivity contribution is 7.91. The van der Waals surface area contributed by atoms with E-state index in [9.17, 15) is 23.4 Å². The van der Waals surface area contributed by atoms with Crippen LogP contribution in [0.1, 0.15) is 40.1 Å². The summed E-state index contributed by atoms with van der Waals surface area (Å²) in [4.78, 5) is 11.8. The molecular formula is C31H30ClNO6S. The fourth-order valence-electron chi connectivity index (χ4n) is 4.33. The van der Waals surface area contributed by atoms with Crippen LogP contribution >= 0.6 is 11.6 Å². The third-order valence-corrected chi connectivity index (χ3v) is 8.46. The van der Waals surface area contributed by atoms with Crippen molar-refractivity contribution in [1.29, 1.82) is 0 Å². The first-order chi connectivity index (χ1) is 19.2. The van der Waals surface area contributed by atoms with Gasteiger partial charge in [0.05, 0.1) is 21.5 Å². The molecule has 9 heteroatoms. The Bertz CT molecular complexity index is 1590. The summed E-state index contributed by atoms with van der Waals surface area (Å²) in [6.45, 7) is 2.80. The maximum atomic E-state index is 13.3. The number of halogens is 1. The zero-order chi connectivity index (χ0) is 28.7. The Kier molecular flexibility index (Phi) is 9.60. The second-order valence-electron chi connectivity index (χ2n) is 9.19. The van der Waals surface area contributed by atoms with Gasteiger partial charge in [0.15, 0.2) is 0 Å². The van der Waals surface area contributed by atoms with Crippen LogP contribution < -0.4 is 10.1 Å². The molecule has 1 unspecified atom stereocenters. The number of carboxylic acids is 1. The van der Waals surface area contributed by atoms with Gasteiger partial charge in [-0.15, -0.1) is 0 Å². The standard InChI is InChI=1S/C31H30ClNO6S/c1-2-27-28(31(35)36)10-5-11-30(27)39-24-8-4-9-26(19-24)40(37,38)25-14-12-21(13-15-25)16-17-33-20-29(34)22-6-3-7-23(32)18-22/h3-15,18-19,29,33-34H,2,16-17,20H2,1H3,(H,35,36). The predicted molar refractivity (Wildman–Crippen MR) is 154 cm³/mol. The SMILES string of the molecule is CCc1c(Oc2cccc(S(=O)(=O)c3ccc(CCNCC(O)c4cccc(Cl)c4)cc3)c2)cccc1C(=O)O. The lowest BCUT2D eigenvalue weighted by molar-refractivity contribution is 0.0695. The van der Waals surface area contributed by atoms with Crippen LogP contribution in [0.25, 0.3) is 0 Å². The molecule has 0 radical (unpaired) electrons. The number of ether oxygens (including phenoxy) is 1. The number of sulfone groups is 1. The van der Waals surface area contributed by atoms with Crippen molar-refractivity contribution in [2.24, 2.45) is 0 Å². The summed E-state index contributed by atoms with van der Waals surface area (Å²) in [6.07, 6.45) is 0.418. The molecule has 0 amide bonds. The van der Waals surface area contributed by atoms with Gasteiger partial charge in [-0.25, -0.2) is 13.2 Å². The third kappa shape index (κ3) is 7.08. The molecule has 4 aromatic carbocycles. The van der Waals surface area contributed by atoms with Crippen LogP contribution in [0.15, 0.2) is 101 Å². The number of nitrogens with one attached hydrogen (secondary N) is 1. The lowest BCUT2D eigenvalue weighted by atomic mass is 10.0. The van der Waals surface area contributed by atoms with E-state index in [-0.39, 0.29) is 15.4 Å². The molecule has 0 fully saturated rings. The fraction of sp³-hybridized carbons (Fsp3) is 0.194. The van der Waals surface area contributed by atoms with Crippen LogP contribution in [0.2, 0.25) is 5.02 Å². The average molecular weight is 580 g/mol. The van der Waals surface area contributed by atoms with E-state index < -0.39 is 21.9 Å². The Hall–Kier alpha value is -3.69. The number of aliphatic hydroxyl groups is 1. The number of aliphatic hydroxyl groups excluding tert-OH is 1. The molecule has 0 heterocycles. The maximum Gasteiger partial charge on any atom is 0.336 e. The van der Waals surface area contributed by atoms with Gasteiger partial charge in [-0.1, -0.05) is 54.9 Å². The largest absolute Gasteiger partial charge is 0.478 e. The lowest BCUT2D eigenvalue weighted by Gasteiger charge is -2.14. The quantitative estimate of drug-likeness (QED) is 0.174. The van der Waals surface area contributed by atoms with Gasteiger partial charge in [0.2, 0.25) is 9.84 Å². The van der Waals surface area contributed by atoms with Crippen molar-refractivity contribution in [3.8, 4) is 11.5 Å². The molecule has 4 rings (SSSR count). The normalized spacial score (nSPS) is 12.2. The Balaban J connectivity index is 1.40. The molecule has 0 saturated carbocycles. The van der Waals surface area contributed by atoms with Gasteiger partial charge in [-0.05, 0) is 85.1 Å². The molecule has 3 N–H and O–H groups in total. The van der Waals surface area contributed by atoms with Crippen molar-refractivity contribution in [2.75, 3.05) is 13.1 Å². The van der Waals surface area contributed by atoms with E-state index >= 15 is 0 Å². The number of hydrogen-bond donors (Lipinski definition) is 3. The van der Waals surface area contributed by atoms with E-state index in [0.717, 1.165) is 11.1 Å². The number of carboxylic acid groups (broad SMARTS) is 1. The molecular weight excluding hydrogens is 550 g/mol. The monoisotopic (exact) mass is 579 g/mol. The predicted octanol–water partition coefficient (Wildman–Crippen LogP) is 6.09. The second-order valence-corrected chi connectivity index (χ2v) is 11.6. The summed E-state index contributed by atoms with van der Waals surface area (Å²) >= 11 is 5.98. The molecule has 0 aromatic heterocycles. The molecule has 0 aliphatic rings. The number of rotatable bonds is 12. The van der Waals surface area contributed by atoms with E-state index in [0.29, 0.717) is 48.0 Å². The van der Waals surface area contributed by atoms with Gasteiger partial charge < -0.3 is 20.3 Å². The van der Waals surface area contributed by atoms with Crippen molar-refractivity contribution in [3.63, 3.8) is 0 Å². The first kappa shape index (κ1) is 29.3. The van der Waals surface area contributed by atoms with Gasteiger partial charge in [-0.3, -0.25) is 0 Å². The molecule has 4 aromatic rings. The summed E-state index contributed by atoms with van der Waals surface area (Å²) < 4.78 is 32.6. The van der Waals surface area contributed by atoms with E-state index in [1.807, 2.05) is 13.0 Å². The van der Waals surface area contributed by atoms with E-state index in [4.69, 9.17) is 16.3 Å². The minimum atomic E-state index is -3.81. The Morgan fingerprint density at radius 1 is 0.950 bits per heavy atom. The molecule has 0 bridgehead atoms. The van der Waals surface area contributed by atoms with E-state index in [1.54, 1.807) is 66.7 Å². The highest BCUT2D eigenvalue weighted by Gasteiger charge is 2.19. The minimum absolute atomic E-state index is 0.0712. The van der Waals surface area contributed by atoms with Gasteiger partial charge in [0.1, 0.15) is 11.5 Å². The van der Waals surface area contributed by atoms with Gasteiger partial charge in [0, 0.05) is 17.1 Å². The molecule has 0 spiro atoms. The zero-order valence-corrected chi connectivity index (χ0v) is 23.5. The van der Waals surface area contributed by atoms with Gasteiger partial charge >= 0.3 is 5.97 Å². The summed E-state index contributed by atoms with van der Waals surface area (Å²) in [5, 5.41) is 23.6. The van der Waals surface area contributed by atoms with E-state index in [2.05, 4.69) is 5.32 Å². The third-order valence-electron chi connectivity index (χ3n) is 6.46. The summed E-state index contributed by atoms with van der Waals surface area (Å²) in [7, 11) is -3.81. The molecule has 40 heavy (non-hydrogen) atoms. The van der Waals surface area contributed by atoms with Crippen molar-refractivity contribution in [1.82, 2.24) is 5.32 Å². The topological polar surface area (TPSA) is 113 Å². The average Bonchev–Trinajstić information content (AvgIpc) is 2.95. The van der Waals surface area contributed by atoms with Gasteiger partial charge in [-0.2, -0.15) is 0 Å². The zero-order valence-electron chi connectivity index (χ0n) is 21.9. The van der Waals surface area contributed by atoms with E-state index in [1.165, 1.54) is 18.2 Å². The highest BCUT2D eigenvalue weighted by Crippen LogP contribution is 2.31. The number of hydrogen-bond acceptors (Lipinski definition) is 6. The number of benzene rings is 4. The Morgan fingerprint density at radius 3 is 2.38 bits per heavy atom. The molecule has 208 valence electrons. The molecule has 0 aliphatic carbocycles. The first-order valence-electron chi connectivity index (χ1n) is 12.8. The second kappa shape index (κ2) is 13.1. The molecule has 0 saturated heterocycles. The Labute approximate surface area is 238 Å². The van der Waals surface area contributed by atoms with Gasteiger partial charge in [0.25, 0.3) is 0 Å². The van der Waals surface area contributed by atoms with Crippen LogP contribution in [0.3, 0.4) is 0 Å². The van der Waals surface area contributed by atoms with Crippen LogP contribution in [0.4, 0.5) is 0 Å². The summed E-state index contributed by atoms with van der Waals surface area (Å²) in [5.41, 5.74) is 2.37. The fourth-order valence-corrected chi connectivity index (χ4v) is 5.83. The molecule has 1 atom stereocenters. The van der Waals surface area contributed by atoms with Crippen molar-refractivity contribution < 1.29 is 28.2 Å². The van der Waals surface area contributed by atoms with Crippen molar-refractivity contribution >= 4 is 27.4 Å². The maximum absolute atomic E-state index is 13.3. The number of aromatic carboxylic acids is 1. The van der Waals surface area contributed by atoms with Crippen LogP contribution in [-0.2, 0) is 22.7 Å².